The molecule has 1 aliphatic rings. The van der Waals surface area contributed by atoms with Crippen molar-refractivity contribution in [2.24, 2.45) is 0 Å². The van der Waals surface area contributed by atoms with E-state index in [9.17, 15) is 4.79 Å². The predicted molar refractivity (Wildman–Crippen MR) is 138 cm³/mol. The van der Waals surface area contributed by atoms with Crippen LogP contribution in [0, 0.1) is 0 Å². The maximum absolute atomic E-state index is 13.5. The average Bonchev–Trinajstić information content (AvgIpc) is 3.25. The standard InChI is InChI=1S/C24H30N4O3S.ClH/c1-26(2)19-7-5-18(6-8-19)23(29)28(12-4-11-27-13-15-31-16-14-27)24-25-21-10-9-20(30-3)17-22(21)32-24;/h5-10,17H,4,11-16H2,1-3H3;1H. The molecule has 2 heterocycles. The fraction of sp³-hybridized carbons (Fsp3) is 0.417. The number of nitrogens with zero attached hydrogens (tertiary/aromatic N) is 4. The Labute approximate surface area is 205 Å². The lowest BCUT2D eigenvalue weighted by Crippen LogP contribution is -2.39. The summed E-state index contributed by atoms with van der Waals surface area (Å²) in [4.78, 5) is 24.5. The highest BCUT2D eigenvalue weighted by Gasteiger charge is 2.22. The zero-order valence-corrected chi connectivity index (χ0v) is 21.0. The van der Waals surface area contributed by atoms with Gasteiger partial charge in [0.05, 0.1) is 30.5 Å². The molecule has 1 saturated heterocycles. The van der Waals surface area contributed by atoms with E-state index in [1.807, 2.05) is 66.4 Å². The van der Waals surface area contributed by atoms with Crippen LogP contribution in [-0.2, 0) is 4.74 Å². The van der Waals surface area contributed by atoms with Crippen LogP contribution in [0.5, 0.6) is 5.75 Å². The van der Waals surface area contributed by atoms with Gasteiger partial charge >= 0.3 is 0 Å². The van der Waals surface area contributed by atoms with Gasteiger partial charge in [-0.25, -0.2) is 4.98 Å². The molecule has 0 saturated carbocycles. The van der Waals surface area contributed by atoms with Crippen molar-refractivity contribution in [3.63, 3.8) is 0 Å². The summed E-state index contributed by atoms with van der Waals surface area (Å²) in [6, 6.07) is 13.5. The number of carbonyl (C=O) groups is 1. The fourth-order valence-electron chi connectivity index (χ4n) is 3.75. The molecule has 1 aliphatic heterocycles. The first-order valence-electron chi connectivity index (χ1n) is 10.9. The summed E-state index contributed by atoms with van der Waals surface area (Å²) in [5.74, 6) is 0.764. The minimum atomic E-state index is -0.0247. The molecule has 0 bridgehead atoms. The van der Waals surface area contributed by atoms with Crippen LogP contribution in [0.3, 0.4) is 0 Å². The van der Waals surface area contributed by atoms with E-state index in [1.54, 1.807) is 7.11 Å². The van der Waals surface area contributed by atoms with E-state index in [2.05, 4.69) is 4.90 Å². The lowest BCUT2D eigenvalue weighted by atomic mass is 10.1. The number of thiazole rings is 1. The molecule has 0 unspecified atom stereocenters. The second kappa shape index (κ2) is 11.7. The Balaban J connectivity index is 0.00000306. The van der Waals surface area contributed by atoms with Gasteiger partial charge in [0.15, 0.2) is 5.13 Å². The summed E-state index contributed by atoms with van der Waals surface area (Å²) in [6.07, 6.45) is 0.876. The first-order chi connectivity index (χ1) is 15.5. The van der Waals surface area contributed by atoms with Crippen molar-refractivity contribution in [2.75, 3.05) is 70.4 Å². The molecule has 0 N–H and O–H groups in total. The maximum atomic E-state index is 13.5. The van der Waals surface area contributed by atoms with Crippen molar-refractivity contribution in [1.29, 1.82) is 0 Å². The molecule has 7 nitrogen and oxygen atoms in total. The molecule has 4 rings (SSSR count). The van der Waals surface area contributed by atoms with E-state index < -0.39 is 0 Å². The van der Waals surface area contributed by atoms with Gasteiger partial charge in [0.2, 0.25) is 0 Å². The van der Waals surface area contributed by atoms with Gasteiger partial charge in [-0.15, -0.1) is 12.4 Å². The Morgan fingerprint density at radius 3 is 2.55 bits per heavy atom. The number of hydrogen-bond donors (Lipinski definition) is 0. The van der Waals surface area contributed by atoms with Gasteiger partial charge < -0.3 is 14.4 Å². The zero-order valence-electron chi connectivity index (χ0n) is 19.3. The lowest BCUT2D eigenvalue weighted by molar-refractivity contribution is 0.0376. The van der Waals surface area contributed by atoms with E-state index in [-0.39, 0.29) is 18.3 Å². The number of aromatic nitrogens is 1. The second-order valence-electron chi connectivity index (χ2n) is 8.04. The molecule has 0 atom stereocenters. The Bertz CT molecular complexity index is 1050. The van der Waals surface area contributed by atoms with Gasteiger partial charge in [-0.05, 0) is 48.9 Å². The Hall–Kier alpha value is -2.39. The Morgan fingerprint density at radius 2 is 1.88 bits per heavy atom. The van der Waals surface area contributed by atoms with Crippen molar-refractivity contribution in [3.8, 4) is 5.75 Å². The third-order valence-corrected chi connectivity index (χ3v) is 6.69. The number of carbonyl (C=O) groups excluding carboxylic acids is 1. The second-order valence-corrected chi connectivity index (χ2v) is 9.04. The minimum absolute atomic E-state index is 0. The highest BCUT2D eigenvalue weighted by molar-refractivity contribution is 7.22. The van der Waals surface area contributed by atoms with Crippen molar-refractivity contribution in [1.82, 2.24) is 9.88 Å². The topological polar surface area (TPSA) is 58.1 Å². The first-order valence-corrected chi connectivity index (χ1v) is 11.7. The van der Waals surface area contributed by atoms with Crippen LogP contribution >= 0.6 is 23.7 Å². The Morgan fingerprint density at radius 1 is 1.15 bits per heavy atom. The van der Waals surface area contributed by atoms with Gasteiger partial charge in [0.1, 0.15) is 5.75 Å². The number of anilines is 2. The first kappa shape index (κ1) is 25.2. The maximum Gasteiger partial charge on any atom is 0.260 e. The van der Waals surface area contributed by atoms with E-state index in [0.717, 1.165) is 66.1 Å². The Kier molecular flexibility index (Phi) is 8.91. The van der Waals surface area contributed by atoms with Crippen molar-refractivity contribution >= 4 is 50.7 Å². The summed E-state index contributed by atoms with van der Waals surface area (Å²) in [5.41, 5.74) is 2.60. The molecule has 1 aromatic heterocycles. The largest absolute Gasteiger partial charge is 0.497 e. The number of rotatable bonds is 8. The van der Waals surface area contributed by atoms with Crippen molar-refractivity contribution < 1.29 is 14.3 Å². The fourth-order valence-corrected chi connectivity index (χ4v) is 4.77. The molecular weight excluding hydrogens is 460 g/mol. The summed E-state index contributed by atoms with van der Waals surface area (Å²) < 4.78 is 11.8. The third kappa shape index (κ3) is 6.14. The molecule has 0 radical (unpaired) electrons. The molecule has 0 aliphatic carbocycles. The lowest BCUT2D eigenvalue weighted by Gasteiger charge is -2.27. The molecule has 3 aromatic rings. The summed E-state index contributed by atoms with van der Waals surface area (Å²) in [7, 11) is 5.64. The molecule has 1 amide bonds. The van der Waals surface area contributed by atoms with E-state index >= 15 is 0 Å². The van der Waals surface area contributed by atoms with Crippen molar-refractivity contribution in [2.45, 2.75) is 6.42 Å². The van der Waals surface area contributed by atoms with E-state index in [0.29, 0.717) is 12.1 Å². The van der Waals surface area contributed by atoms with Gasteiger partial charge in [-0.1, -0.05) is 11.3 Å². The van der Waals surface area contributed by atoms with Crippen molar-refractivity contribution in [3.05, 3.63) is 48.0 Å². The van der Waals surface area contributed by atoms with E-state index in [4.69, 9.17) is 14.5 Å². The number of benzene rings is 2. The normalized spacial score (nSPS) is 14.0. The van der Waals surface area contributed by atoms with Crippen LogP contribution in [0.25, 0.3) is 10.2 Å². The van der Waals surface area contributed by atoms with Crippen LogP contribution in [0.2, 0.25) is 0 Å². The van der Waals surface area contributed by atoms with Crippen LogP contribution in [0.15, 0.2) is 42.5 Å². The molecule has 0 spiro atoms. The molecule has 9 heteroatoms. The quantitative estimate of drug-likeness (QED) is 0.472. The molecular formula is C24H31ClN4O3S. The molecule has 2 aromatic carbocycles. The molecule has 178 valence electrons. The monoisotopic (exact) mass is 490 g/mol. The van der Waals surface area contributed by atoms with Crippen LogP contribution in [0.4, 0.5) is 10.8 Å². The average molecular weight is 491 g/mol. The molecule has 33 heavy (non-hydrogen) atoms. The smallest absolute Gasteiger partial charge is 0.260 e. The number of methoxy groups -OCH3 is 1. The van der Waals surface area contributed by atoms with Gasteiger partial charge in [-0.2, -0.15) is 0 Å². The third-order valence-electron chi connectivity index (χ3n) is 5.65. The van der Waals surface area contributed by atoms with Gasteiger partial charge in [0.25, 0.3) is 5.91 Å². The van der Waals surface area contributed by atoms with Crippen LogP contribution < -0.4 is 14.5 Å². The summed E-state index contributed by atoms with van der Waals surface area (Å²) >= 11 is 1.52. The van der Waals surface area contributed by atoms with E-state index in [1.165, 1.54) is 11.3 Å². The number of morpholine rings is 1. The zero-order chi connectivity index (χ0) is 22.5. The molecule has 1 fully saturated rings. The number of fused-ring (bicyclic) bond motifs is 1. The summed E-state index contributed by atoms with van der Waals surface area (Å²) in [5, 5.41) is 0.719. The number of amides is 1. The number of halogens is 1. The highest BCUT2D eigenvalue weighted by Crippen LogP contribution is 2.32. The van der Waals surface area contributed by atoms with Crippen LogP contribution in [-0.4, -0.2) is 76.4 Å². The SMILES string of the molecule is COc1ccc2nc(N(CCCN3CCOCC3)C(=O)c3ccc(N(C)C)cc3)sc2c1.Cl. The minimum Gasteiger partial charge on any atom is -0.497 e. The van der Waals surface area contributed by atoms with Gasteiger partial charge in [0, 0.05) is 51.5 Å². The van der Waals surface area contributed by atoms with Crippen LogP contribution in [0.1, 0.15) is 16.8 Å². The number of ether oxygens (including phenoxy) is 2. The predicted octanol–water partition coefficient (Wildman–Crippen LogP) is 4.16. The summed E-state index contributed by atoms with van der Waals surface area (Å²) in [6.45, 7) is 5.00. The highest BCUT2D eigenvalue weighted by atomic mass is 35.5. The number of hydrogen-bond acceptors (Lipinski definition) is 7. The van der Waals surface area contributed by atoms with Gasteiger partial charge in [-0.3, -0.25) is 14.6 Å².